The third kappa shape index (κ3) is 3.18. The van der Waals surface area contributed by atoms with Gasteiger partial charge in [0, 0.05) is 25.7 Å². The lowest BCUT2D eigenvalue weighted by molar-refractivity contribution is 0.109. The molecule has 1 saturated heterocycles. The number of hydrogen-bond acceptors (Lipinski definition) is 2. The second-order valence-electron chi connectivity index (χ2n) is 3.73. The van der Waals surface area contributed by atoms with Crippen LogP contribution >= 0.6 is 22.6 Å². The lowest BCUT2D eigenvalue weighted by Gasteiger charge is -2.37. The lowest BCUT2D eigenvalue weighted by Crippen LogP contribution is -2.49. The molecule has 1 unspecified atom stereocenters. The highest BCUT2D eigenvalue weighted by molar-refractivity contribution is 14.1. The maximum atomic E-state index is 2.51. The van der Waals surface area contributed by atoms with Gasteiger partial charge < -0.3 is 9.80 Å². The minimum Gasteiger partial charge on any atom is -0.304 e. The van der Waals surface area contributed by atoms with Crippen LogP contribution < -0.4 is 0 Å². The molecule has 1 heterocycles. The van der Waals surface area contributed by atoms with Crippen molar-refractivity contribution in [1.82, 2.24) is 9.80 Å². The Balaban J connectivity index is 2.28. The van der Waals surface area contributed by atoms with Gasteiger partial charge in [-0.25, -0.2) is 0 Å². The molecular weight excluding hydrogens is 263 g/mol. The molecule has 1 aliphatic rings. The molecule has 72 valence electrons. The third-order valence-corrected chi connectivity index (χ3v) is 3.41. The van der Waals surface area contributed by atoms with Crippen LogP contribution in [0.1, 0.15) is 12.8 Å². The van der Waals surface area contributed by atoms with E-state index < -0.39 is 0 Å². The highest BCUT2D eigenvalue weighted by atomic mass is 127. The van der Waals surface area contributed by atoms with Gasteiger partial charge in [-0.3, -0.25) is 0 Å². The summed E-state index contributed by atoms with van der Waals surface area (Å²) in [6.07, 6.45) is 2.73. The van der Waals surface area contributed by atoms with Gasteiger partial charge in [0.25, 0.3) is 0 Å². The Bertz CT molecular complexity index is 130. The maximum absolute atomic E-state index is 2.51. The number of nitrogens with zero attached hydrogens (tertiary/aromatic N) is 2. The quantitative estimate of drug-likeness (QED) is 0.571. The summed E-state index contributed by atoms with van der Waals surface area (Å²) < 4.78 is 1.30. The van der Waals surface area contributed by atoms with E-state index in [4.69, 9.17) is 0 Å². The summed E-state index contributed by atoms with van der Waals surface area (Å²) in [5.74, 6) is 0. The summed E-state index contributed by atoms with van der Waals surface area (Å²) in [5.41, 5.74) is 0. The van der Waals surface area contributed by atoms with E-state index in [9.17, 15) is 0 Å². The van der Waals surface area contributed by atoms with E-state index in [1.165, 1.54) is 36.9 Å². The average Bonchev–Trinajstić information content (AvgIpc) is 2.07. The zero-order valence-corrected chi connectivity index (χ0v) is 10.2. The molecule has 0 radical (unpaired) electrons. The highest BCUT2D eigenvalue weighted by Gasteiger charge is 2.20. The minimum absolute atomic E-state index is 0.804. The van der Waals surface area contributed by atoms with Crippen molar-refractivity contribution in [1.29, 1.82) is 0 Å². The average molecular weight is 282 g/mol. The topological polar surface area (TPSA) is 6.48 Å². The van der Waals surface area contributed by atoms with E-state index >= 15 is 0 Å². The number of piperazine rings is 1. The number of rotatable bonds is 3. The lowest BCUT2D eigenvalue weighted by atomic mass is 10.1. The fourth-order valence-electron chi connectivity index (χ4n) is 1.73. The van der Waals surface area contributed by atoms with Gasteiger partial charge in [0.15, 0.2) is 0 Å². The van der Waals surface area contributed by atoms with Gasteiger partial charge >= 0.3 is 0 Å². The molecule has 3 heteroatoms. The first-order valence-corrected chi connectivity index (χ1v) is 6.21. The van der Waals surface area contributed by atoms with E-state index in [0.717, 1.165) is 6.04 Å². The number of alkyl halides is 1. The van der Waals surface area contributed by atoms with Crippen LogP contribution in [0, 0.1) is 0 Å². The first-order valence-electron chi connectivity index (χ1n) is 4.69. The smallest absolute Gasteiger partial charge is 0.0220 e. The van der Waals surface area contributed by atoms with E-state index in [2.05, 4.69) is 46.5 Å². The molecule has 12 heavy (non-hydrogen) atoms. The second-order valence-corrected chi connectivity index (χ2v) is 4.81. The Labute approximate surface area is 89.4 Å². The molecule has 0 aliphatic carbocycles. The molecule has 1 atom stereocenters. The third-order valence-electron chi connectivity index (χ3n) is 2.65. The minimum atomic E-state index is 0.804. The summed E-state index contributed by atoms with van der Waals surface area (Å²) in [6.45, 7) is 3.73. The first-order chi connectivity index (χ1) is 5.74. The van der Waals surface area contributed by atoms with Gasteiger partial charge in [0.05, 0.1) is 0 Å². The number of hydrogen-bond donors (Lipinski definition) is 0. The van der Waals surface area contributed by atoms with Crippen LogP contribution in [0.3, 0.4) is 0 Å². The van der Waals surface area contributed by atoms with Crippen LogP contribution in [-0.4, -0.2) is 54.0 Å². The molecule has 1 aliphatic heterocycles. The number of halogens is 1. The maximum Gasteiger partial charge on any atom is 0.0220 e. The van der Waals surface area contributed by atoms with Crippen molar-refractivity contribution in [3.63, 3.8) is 0 Å². The van der Waals surface area contributed by atoms with Crippen LogP contribution in [0.4, 0.5) is 0 Å². The molecule has 0 amide bonds. The predicted octanol–water partition coefficient (Wildman–Crippen LogP) is 1.45. The first kappa shape index (κ1) is 10.7. The van der Waals surface area contributed by atoms with E-state index in [0.29, 0.717) is 0 Å². The van der Waals surface area contributed by atoms with Gasteiger partial charge in [-0.2, -0.15) is 0 Å². The summed E-state index contributed by atoms with van der Waals surface area (Å²) in [7, 11) is 4.48. The molecule has 0 bridgehead atoms. The molecule has 2 nitrogen and oxygen atoms in total. The van der Waals surface area contributed by atoms with E-state index in [-0.39, 0.29) is 0 Å². The monoisotopic (exact) mass is 282 g/mol. The fourth-order valence-corrected chi connectivity index (χ4v) is 2.17. The standard InChI is InChI=1S/C9H19IN2/c1-11-6-7-12(2)9(8-11)4-3-5-10/h9H,3-8H2,1-2H3. The second kappa shape index (κ2) is 5.40. The summed E-state index contributed by atoms with van der Waals surface area (Å²) in [4.78, 5) is 4.95. The largest absolute Gasteiger partial charge is 0.304 e. The Kier molecular flexibility index (Phi) is 4.82. The van der Waals surface area contributed by atoms with Crippen molar-refractivity contribution in [2.24, 2.45) is 0 Å². The van der Waals surface area contributed by atoms with Gasteiger partial charge in [-0.1, -0.05) is 22.6 Å². The zero-order valence-electron chi connectivity index (χ0n) is 8.09. The van der Waals surface area contributed by atoms with Gasteiger partial charge in [0.1, 0.15) is 0 Å². The fraction of sp³-hybridized carbons (Fsp3) is 1.00. The zero-order chi connectivity index (χ0) is 8.97. The van der Waals surface area contributed by atoms with Gasteiger partial charge in [0.2, 0.25) is 0 Å². The van der Waals surface area contributed by atoms with Crippen LogP contribution in [0.25, 0.3) is 0 Å². The molecular formula is C9H19IN2. The summed E-state index contributed by atoms with van der Waals surface area (Å²) in [6, 6.07) is 0.804. The van der Waals surface area contributed by atoms with Crippen molar-refractivity contribution < 1.29 is 0 Å². The molecule has 0 saturated carbocycles. The number of likely N-dealkylation sites (N-methyl/N-ethyl adjacent to an activating group) is 2. The van der Waals surface area contributed by atoms with Crippen LogP contribution in [0.5, 0.6) is 0 Å². The van der Waals surface area contributed by atoms with Crippen molar-refractivity contribution in [3.8, 4) is 0 Å². The van der Waals surface area contributed by atoms with Crippen molar-refractivity contribution in [3.05, 3.63) is 0 Å². The Hall–Kier alpha value is 0.650. The summed E-state index contributed by atoms with van der Waals surface area (Å²) >= 11 is 2.46. The van der Waals surface area contributed by atoms with Crippen molar-refractivity contribution in [2.45, 2.75) is 18.9 Å². The SMILES string of the molecule is CN1CCN(C)C(CCCI)C1. The molecule has 0 aromatic rings. The van der Waals surface area contributed by atoms with Crippen LogP contribution in [-0.2, 0) is 0 Å². The molecule has 0 N–H and O–H groups in total. The molecule has 0 aromatic heterocycles. The van der Waals surface area contributed by atoms with E-state index in [1.54, 1.807) is 0 Å². The predicted molar refractivity (Wildman–Crippen MR) is 62.0 cm³/mol. The normalized spacial score (nSPS) is 27.8. The molecule has 0 spiro atoms. The molecule has 1 rings (SSSR count). The van der Waals surface area contributed by atoms with Crippen LogP contribution in [0.2, 0.25) is 0 Å². The highest BCUT2D eigenvalue weighted by Crippen LogP contribution is 2.11. The van der Waals surface area contributed by atoms with Crippen molar-refractivity contribution >= 4 is 22.6 Å². The summed E-state index contributed by atoms with van der Waals surface area (Å²) in [5, 5.41) is 0. The van der Waals surface area contributed by atoms with E-state index in [1.807, 2.05) is 0 Å². The molecule has 1 fully saturated rings. The van der Waals surface area contributed by atoms with Crippen molar-refractivity contribution in [2.75, 3.05) is 38.2 Å². The Morgan fingerprint density at radius 1 is 1.33 bits per heavy atom. The molecule has 0 aromatic carbocycles. The van der Waals surface area contributed by atoms with Gasteiger partial charge in [-0.15, -0.1) is 0 Å². The van der Waals surface area contributed by atoms with Crippen LogP contribution in [0.15, 0.2) is 0 Å². The Morgan fingerprint density at radius 2 is 2.08 bits per heavy atom. The van der Waals surface area contributed by atoms with Gasteiger partial charge in [-0.05, 0) is 31.4 Å². The Morgan fingerprint density at radius 3 is 2.75 bits per heavy atom.